The van der Waals surface area contributed by atoms with E-state index in [0.717, 1.165) is 87.3 Å². The molecule has 2 heterocycles. The van der Waals surface area contributed by atoms with Crippen LogP contribution in [0.5, 0.6) is 5.88 Å². The zero-order chi connectivity index (χ0) is 51.6. The van der Waals surface area contributed by atoms with Gasteiger partial charge >= 0.3 is 23.9 Å². The van der Waals surface area contributed by atoms with Crippen molar-refractivity contribution < 1.29 is 47.3 Å². The average Bonchev–Trinajstić information content (AvgIpc) is 3.83. The summed E-state index contributed by atoms with van der Waals surface area (Å²) in [6.45, 7) is 12.3. The number of ether oxygens (including phenoxy) is 5. The van der Waals surface area contributed by atoms with Crippen LogP contribution >= 0.6 is 11.7 Å². The Morgan fingerprint density at radius 1 is 0.563 bits per heavy atom. The molecular weight excluding hydrogens is 915 g/mol. The predicted octanol–water partition coefficient (Wildman–Crippen LogP) is 15.4. The summed E-state index contributed by atoms with van der Waals surface area (Å²) in [6.07, 6.45) is 39.3. The lowest BCUT2D eigenvalue weighted by atomic mass is 10.0. The van der Waals surface area contributed by atoms with E-state index in [0.29, 0.717) is 42.8 Å². The summed E-state index contributed by atoms with van der Waals surface area (Å²) in [7, 11) is 2.10. The molecule has 0 amide bonds. The van der Waals surface area contributed by atoms with E-state index in [2.05, 4.69) is 42.6 Å². The van der Waals surface area contributed by atoms with E-state index in [1.54, 1.807) is 0 Å². The van der Waals surface area contributed by atoms with E-state index in [-0.39, 0.29) is 49.9 Å². The van der Waals surface area contributed by atoms with Crippen molar-refractivity contribution in [1.82, 2.24) is 8.75 Å². The molecule has 1 aliphatic heterocycles. The Morgan fingerprint density at radius 3 is 1.49 bits per heavy atom. The normalized spacial score (nSPS) is 15.6. The molecule has 71 heavy (non-hydrogen) atoms. The summed E-state index contributed by atoms with van der Waals surface area (Å²) in [5.41, 5.74) is 1.83. The Hall–Kier alpha value is -3.06. The third-order valence-electron chi connectivity index (χ3n) is 14.2. The van der Waals surface area contributed by atoms with Crippen LogP contribution in [0.3, 0.4) is 0 Å². The number of carbonyl (C=O) groups excluding carboxylic acids is 4. The Balaban J connectivity index is 1.78. The van der Waals surface area contributed by atoms with Crippen molar-refractivity contribution >= 4 is 41.2 Å². The van der Waals surface area contributed by atoms with Crippen LogP contribution in [0.25, 0.3) is 5.57 Å². The maximum Gasteiger partial charge on any atom is 0.310 e. The van der Waals surface area contributed by atoms with Gasteiger partial charge in [-0.15, -0.1) is 4.37 Å². The molecule has 0 aromatic carbocycles. The lowest BCUT2D eigenvalue weighted by Crippen LogP contribution is -2.55. The van der Waals surface area contributed by atoms with Crippen molar-refractivity contribution in [3.05, 3.63) is 11.8 Å². The number of quaternary nitrogens is 1. The first-order valence-corrected chi connectivity index (χ1v) is 29.9. The van der Waals surface area contributed by atoms with Gasteiger partial charge in [0.2, 0.25) is 6.23 Å². The fourth-order valence-electron chi connectivity index (χ4n) is 9.29. The zero-order valence-corrected chi connectivity index (χ0v) is 47.0. The van der Waals surface area contributed by atoms with E-state index in [4.69, 9.17) is 23.7 Å². The highest BCUT2D eigenvalue weighted by Gasteiger charge is 2.37. The minimum atomic E-state index is -0.909. The minimum Gasteiger partial charge on any atom is -0.475 e. The van der Waals surface area contributed by atoms with Gasteiger partial charge in [0.25, 0.3) is 5.88 Å². The summed E-state index contributed by atoms with van der Waals surface area (Å²) in [5.74, 6) is -1.08. The molecule has 1 aliphatic rings. The van der Waals surface area contributed by atoms with Crippen molar-refractivity contribution in [2.75, 3.05) is 40.0 Å². The SMILES string of the molecule is CCCCCCCCCCCCCCCC(=O)OCC(COC(=O)CCCCCCCCCCCCCCC)OC(=O)CC(C)CCC(=O)O[C@@H](C)[N+]1(C)CCC=C(c2nsnc2OCCCCCC)C1. The average molecular weight is 1020 g/mol. The Labute approximate surface area is 437 Å². The second-order valence-corrected chi connectivity index (χ2v) is 21.6. The summed E-state index contributed by atoms with van der Waals surface area (Å²) in [6, 6.07) is 0. The maximum absolute atomic E-state index is 13.2. The van der Waals surface area contributed by atoms with Crippen molar-refractivity contribution in [2.24, 2.45) is 5.92 Å². The number of rotatable bonds is 47. The fraction of sp³-hybridized carbons (Fsp3) is 0.862. The third-order valence-corrected chi connectivity index (χ3v) is 14.7. The minimum absolute atomic E-state index is 0.0613. The summed E-state index contributed by atoms with van der Waals surface area (Å²) >= 11 is 1.15. The lowest BCUT2D eigenvalue weighted by molar-refractivity contribution is -0.944. The topological polar surface area (TPSA) is 140 Å². The highest BCUT2D eigenvalue weighted by Crippen LogP contribution is 2.32. The van der Waals surface area contributed by atoms with Gasteiger partial charge in [-0.3, -0.25) is 23.7 Å². The number of likely N-dealkylation sites (N-methyl/N-ethyl adjacent to an activating group) is 1. The van der Waals surface area contributed by atoms with Gasteiger partial charge in [-0.2, -0.15) is 4.37 Å². The van der Waals surface area contributed by atoms with Gasteiger partial charge in [-0.25, -0.2) is 0 Å². The quantitative estimate of drug-likeness (QED) is 0.0267. The number of carbonyl (C=O) groups is 4. The van der Waals surface area contributed by atoms with Crippen LogP contribution in [0.4, 0.5) is 0 Å². The molecule has 2 unspecified atom stereocenters. The fourth-order valence-corrected chi connectivity index (χ4v) is 9.82. The molecule has 12 nitrogen and oxygen atoms in total. The summed E-state index contributed by atoms with van der Waals surface area (Å²) in [4.78, 5) is 52.0. The van der Waals surface area contributed by atoms with Gasteiger partial charge in [0.1, 0.15) is 25.5 Å². The number of unbranched alkanes of at least 4 members (excludes halogenated alkanes) is 27. The molecule has 1 aromatic heterocycles. The van der Waals surface area contributed by atoms with Crippen molar-refractivity contribution in [1.29, 1.82) is 0 Å². The van der Waals surface area contributed by atoms with E-state index >= 15 is 0 Å². The molecule has 0 bridgehead atoms. The molecular formula is C58H104N3O9S+. The molecule has 0 aliphatic carbocycles. The first kappa shape index (κ1) is 64.1. The first-order valence-electron chi connectivity index (χ1n) is 29.2. The zero-order valence-electron chi connectivity index (χ0n) is 46.2. The van der Waals surface area contributed by atoms with Gasteiger partial charge in [0.05, 0.1) is 31.9 Å². The molecule has 410 valence electrons. The van der Waals surface area contributed by atoms with E-state index in [1.165, 1.54) is 141 Å². The van der Waals surface area contributed by atoms with Crippen LogP contribution in [0.1, 0.15) is 271 Å². The summed E-state index contributed by atoms with van der Waals surface area (Å²) in [5, 5.41) is 0. The Morgan fingerprint density at radius 2 is 1.01 bits per heavy atom. The van der Waals surface area contributed by atoms with E-state index in [9.17, 15) is 19.2 Å². The monoisotopic (exact) mass is 1020 g/mol. The summed E-state index contributed by atoms with van der Waals surface area (Å²) < 4.78 is 38.5. The van der Waals surface area contributed by atoms with Gasteiger partial charge in [0, 0.05) is 44.6 Å². The van der Waals surface area contributed by atoms with Crippen LogP contribution in [0.15, 0.2) is 6.08 Å². The van der Waals surface area contributed by atoms with Gasteiger partial charge in [-0.1, -0.05) is 207 Å². The molecule has 0 saturated heterocycles. The smallest absolute Gasteiger partial charge is 0.310 e. The Kier molecular flexibility index (Phi) is 38.2. The number of nitrogens with zero attached hydrogens (tertiary/aromatic N) is 3. The van der Waals surface area contributed by atoms with Gasteiger partial charge < -0.3 is 23.7 Å². The molecule has 0 spiro atoms. The molecule has 0 radical (unpaired) electrons. The first-order chi connectivity index (χ1) is 34.5. The number of esters is 4. The van der Waals surface area contributed by atoms with Crippen molar-refractivity contribution in [3.63, 3.8) is 0 Å². The van der Waals surface area contributed by atoms with Gasteiger partial charge in [0.15, 0.2) is 6.10 Å². The predicted molar refractivity (Wildman–Crippen MR) is 289 cm³/mol. The molecule has 2 rings (SSSR count). The highest BCUT2D eigenvalue weighted by molar-refractivity contribution is 6.99. The second kappa shape index (κ2) is 42.3. The van der Waals surface area contributed by atoms with Crippen LogP contribution in [-0.2, 0) is 38.1 Å². The maximum atomic E-state index is 13.2. The number of hydrogen-bond donors (Lipinski definition) is 0. The van der Waals surface area contributed by atoms with Crippen LogP contribution in [0, 0.1) is 5.92 Å². The van der Waals surface area contributed by atoms with E-state index in [1.807, 2.05) is 13.8 Å². The van der Waals surface area contributed by atoms with Gasteiger partial charge in [-0.05, 0) is 31.6 Å². The lowest BCUT2D eigenvalue weighted by Gasteiger charge is -2.41. The number of hydrogen-bond acceptors (Lipinski definition) is 12. The third kappa shape index (κ3) is 32.7. The second-order valence-electron chi connectivity index (χ2n) is 21.1. The van der Waals surface area contributed by atoms with Crippen LogP contribution < -0.4 is 4.74 Å². The van der Waals surface area contributed by atoms with E-state index < -0.39 is 18.3 Å². The van der Waals surface area contributed by atoms with Crippen LogP contribution in [0.2, 0.25) is 0 Å². The molecule has 3 atom stereocenters. The number of aromatic nitrogens is 2. The van der Waals surface area contributed by atoms with Crippen LogP contribution in [-0.4, -0.2) is 89.4 Å². The molecule has 13 heteroatoms. The molecule has 1 aromatic rings. The standard InChI is InChI=1S/C58H104N3O9S/c1-7-10-13-16-18-20-22-24-26-28-30-32-34-39-53(62)67-47-52(48-68-54(63)40-35-33-31-29-27-25-23-21-19-17-14-11-8-2)70-56(65)45-49(4)41-42-55(64)69-50(5)61(6)43-37-38-51(46-61)57-58(60-71-59-57)66-44-36-15-12-9-3/h38,49-50,52H,7-37,39-48H2,1-6H3/q+1/t49?,50-,61?/m0/s1. The van der Waals surface area contributed by atoms with Crippen molar-refractivity contribution in [3.8, 4) is 5.88 Å². The Bertz CT molecular complexity index is 1510. The van der Waals surface area contributed by atoms with Crippen molar-refractivity contribution in [2.45, 2.75) is 278 Å². The largest absolute Gasteiger partial charge is 0.475 e. The molecule has 0 fully saturated rings. The molecule has 0 N–H and O–H groups in total. The molecule has 0 saturated carbocycles. The highest BCUT2D eigenvalue weighted by atomic mass is 32.1.